The molecule has 1 aromatic carbocycles. The SMILES string of the molecule is COC(=O)c1ccc(B2OC(C)(C)C(C)(C)O2)c(CN(C)C)c1. The van der Waals surface area contributed by atoms with Crippen molar-refractivity contribution in [2.75, 3.05) is 21.2 Å². The van der Waals surface area contributed by atoms with Crippen LogP contribution in [0.3, 0.4) is 0 Å². The molecular weight excluding hydrogens is 293 g/mol. The van der Waals surface area contributed by atoms with Crippen molar-refractivity contribution in [2.24, 2.45) is 0 Å². The lowest BCUT2D eigenvalue weighted by atomic mass is 9.75. The van der Waals surface area contributed by atoms with E-state index in [4.69, 9.17) is 14.0 Å². The van der Waals surface area contributed by atoms with E-state index in [1.54, 1.807) is 6.07 Å². The summed E-state index contributed by atoms with van der Waals surface area (Å²) in [5, 5.41) is 0. The summed E-state index contributed by atoms with van der Waals surface area (Å²) in [7, 11) is 4.91. The fourth-order valence-corrected chi connectivity index (χ4v) is 2.53. The van der Waals surface area contributed by atoms with Gasteiger partial charge in [-0.2, -0.15) is 0 Å². The summed E-state index contributed by atoms with van der Waals surface area (Å²) in [6.45, 7) is 8.80. The third kappa shape index (κ3) is 3.60. The molecule has 6 heteroatoms. The van der Waals surface area contributed by atoms with Crippen LogP contribution in [0.15, 0.2) is 18.2 Å². The van der Waals surface area contributed by atoms with Gasteiger partial charge in [-0.05, 0) is 64.9 Å². The zero-order valence-electron chi connectivity index (χ0n) is 15.1. The van der Waals surface area contributed by atoms with Crippen LogP contribution in [0.1, 0.15) is 43.6 Å². The Labute approximate surface area is 139 Å². The summed E-state index contributed by atoms with van der Waals surface area (Å²) in [5.74, 6) is -0.342. The van der Waals surface area contributed by atoms with Crippen LogP contribution >= 0.6 is 0 Å². The number of carbonyl (C=O) groups excluding carboxylic acids is 1. The molecule has 0 N–H and O–H groups in total. The van der Waals surface area contributed by atoms with Gasteiger partial charge in [-0.3, -0.25) is 0 Å². The number of methoxy groups -OCH3 is 1. The van der Waals surface area contributed by atoms with Gasteiger partial charge in [0.15, 0.2) is 0 Å². The summed E-state index contributed by atoms with van der Waals surface area (Å²) in [6.07, 6.45) is 0. The zero-order chi connectivity index (χ0) is 17.4. The second-order valence-electron chi connectivity index (χ2n) is 7.23. The Bertz CT molecular complexity index is 582. The van der Waals surface area contributed by atoms with Crippen LogP contribution in [0.5, 0.6) is 0 Å². The minimum Gasteiger partial charge on any atom is -0.465 e. The summed E-state index contributed by atoms with van der Waals surface area (Å²) in [4.78, 5) is 13.8. The molecular formula is C17H26BNO4. The van der Waals surface area contributed by atoms with Crippen molar-refractivity contribution in [1.29, 1.82) is 0 Å². The zero-order valence-corrected chi connectivity index (χ0v) is 15.1. The number of hydrogen-bond acceptors (Lipinski definition) is 5. The summed E-state index contributed by atoms with van der Waals surface area (Å²) in [5.41, 5.74) is 1.69. The van der Waals surface area contributed by atoms with Gasteiger partial charge < -0.3 is 18.9 Å². The predicted octanol–water partition coefficient (Wildman–Crippen LogP) is 1.83. The Morgan fingerprint density at radius 2 is 1.74 bits per heavy atom. The number of benzene rings is 1. The molecule has 0 amide bonds. The molecule has 0 spiro atoms. The van der Waals surface area contributed by atoms with Gasteiger partial charge in [-0.25, -0.2) is 4.79 Å². The fourth-order valence-electron chi connectivity index (χ4n) is 2.53. The quantitative estimate of drug-likeness (QED) is 0.626. The van der Waals surface area contributed by atoms with E-state index in [1.165, 1.54) is 7.11 Å². The average Bonchev–Trinajstić information content (AvgIpc) is 2.65. The molecule has 0 unspecified atom stereocenters. The molecule has 2 rings (SSSR count). The van der Waals surface area contributed by atoms with Crippen molar-refractivity contribution >= 4 is 18.6 Å². The van der Waals surface area contributed by atoms with Crippen LogP contribution in [-0.4, -0.2) is 50.4 Å². The molecule has 0 aliphatic carbocycles. The third-order valence-corrected chi connectivity index (χ3v) is 4.56. The number of rotatable bonds is 4. The Hall–Kier alpha value is -1.37. The Balaban J connectivity index is 2.40. The van der Waals surface area contributed by atoms with E-state index in [9.17, 15) is 4.79 Å². The molecule has 1 saturated heterocycles. The lowest BCUT2D eigenvalue weighted by molar-refractivity contribution is 0.00578. The van der Waals surface area contributed by atoms with Crippen molar-refractivity contribution in [1.82, 2.24) is 4.90 Å². The first kappa shape index (κ1) is 18.0. The normalized spacial score (nSPS) is 19.2. The van der Waals surface area contributed by atoms with Gasteiger partial charge in [0.1, 0.15) is 0 Å². The van der Waals surface area contributed by atoms with Crippen molar-refractivity contribution in [3.8, 4) is 0 Å². The first-order valence-corrected chi connectivity index (χ1v) is 7.79. The van der Waals surface area contributed by atoms with Gasteiger partial charge in [-0.15, -0.1) is 0 Å². The summed E-state index contributed by atoms with van der Waals surface area (Å²) >= 11 is 0. The Morgan fingerprint density at radius 3 is 2.22 bits per heavy atom. The molecule has 0 radical (unpaired) electrons. The van der Waals surface area contributed by atoms with Gasteiger partial charge in [0.05, 0.1) is 23.9 Å². The van der Waals surface area contributed by atoms with E-state index in [-0.39, 0.29) is 5.97 Å². The first-order valence-electron chi connectivity index (χ1n) is 7.79. The number of esters is 1. The molecule has 1 heterocycles. The molecule has 0 saturated carbocycles. The largest absolute Gasteiger partial charge is 0.495 e. The van der Waals surface area contributed by atoms with Crippen LogP contribution in [0.2, 0.25) is 0 Å². The number of carbonyl (C=O) groups is 1. The second-order valence-corrected chi connectivity index (χ2v) is 7.23. The van der Waals surface area contributed by atoms with E-state index in [1.807, 2.05) is 58.8 Å². The van der Waals surface area contributed by atoms with Gasteiger partial charge in [0.25, 0.3) is 0 Å². The molecule has 1 aromatic rings. The molecule has 0 bridgehead atoms. The smallest absolute Gasteiger partial charge is 0.465 e. The molecule has 126 valence electrons. The van der Waals surface area contributed by atoms with Crippen molar-refractivity contribution in [3.05, 3.63) is 29.3 Å². The first-order chi connectivity index (χ1) is 10.6. The van der Waals surface area contributed by atoms with Crippen molar-refractivity contribution in [3.63, 3.8) is 0 Å². The van der Waals surface area contributed by atoms with Gasteiger partial charge in [0.2, 0.25) is 0 Å². The monoisotopic (exact) mass is 319 g/mol. The van der Waals surface area contributed by atoms with Crippen LogP contribution < -0.4 is 5.46 Å². The minimum atomic E-state index is -0.443. The highest BCUT2D eigenvalue weighted by molar-refractivity contribution is 6.62. The van der Waals surface area contributed by atoms with Crippen LogP contribution in [-0.2, 0) is 20.6 Å². The fraction of sp³-hybridized carbons (Fsp3) is 0.588. The molecule has 1 aliphatic rings. The van der Waals surface area contributed by atoms with E-state index in [0.29, 0.717) is 12.1 Å². The summed E-state index contributed by atoms with van der Waals surface area (Å²) in [6, 6.07) is 5.50. The second kappa shape index (κ2) is 6.26. The predicted molar refractivity (Wildman–Crippen MR) is 90.9 cm³/mol. The highest BCUT2D eigenvalue weighted by atomic mass is 16.7. The Kier molecular flexibility index (Phi) is 4.90. The maximum absolute atomic E-state index is 11.8. The van der Waals surface area contributed by atoms with E-state index < -0.39 is 18.3 Å². The van der Waals surface area contributed by atoms with Crippen molar-refractivity contribution in [2.45, 2.75) is 45.4 Å². The molecule has 0 atom stereocenters. The molecule has 23 heavy (non-hydrogen) atoms. The van der Waals surface area contributed by atoms with Crippen molar-refractivity contribution < 1.29 is 18.8 Å². The van der Waals surface area contributed by atoms with Gasteiger partial charge in [-0.1, -0.05) is 6.07 Å². The third-order valence-electron chi connectivity index (χ3n) is 4.56. The van der Waals surface area contributed by atoms with Crippen LogP contribution in [0, 0.1) is 0 Å². The molecule has 0 aromatic heterocycles. The number of hydrogen-bond donors (Lipinski definition) is 0. The highest BCUT2D eigenvalue weighted by Gasteiger charge is 2.52. The Morgan fingerprint density at radius 1 is 1.17 bits per heavy atom. The summed E-state index contributed by atoms with van der Waals surface area (Å²) < 4.78 is 17.1. The molecule has 5 nitrogen and oxygen atoms in total. The molecule has 1 aliphatic heterocycles. The van der Waals surface area contributed by atoms with E-state index in [2.05, 4.69) is 0 Å². The standard InChI is InChI=1S/C17H26BNO4/c1-16(2)17(3,4)23-18(22-16)14-9-8-12(15(20)21-7)10-13(14)11-19(5)6/h8-10H,11H2,1-7H3. The topological polar surface area (TPSA) is 48.0 Å². The van der Waals surface area contributed by atoms with Crippen LogP contribution in [0.4, 0.5) is 0 Å². The highest BCUT2D eigenvalue weighted by Crippen LogP contribution is 2.36. The minimum absolute atomic E-state index is 0.342. The van der Waals surface area contributed by atoms with Gasteiger partial charge >= 0.3 is 13.1 Å². The maximum atomic E-state index is 11.8. The number of nitrogens with zero attached hydrogens (tertiary/aromatic N) is 1. The number of ether oxygens (including phenoxy) is 1. The van der Waals surface area contributed by atoms with E-state index >= 15 is 0 Å². The lowest BCUT2D eigenvalue weighted by Crippen LogP contribution is -2.41. The lowest BCUT2D eigenvalue weighted by Gasteiger charge is -2.32. The maximum Gasteiger partial charge on any atom is 0.495 e. The van der Waals surface area contributed by atoms with Crippen LogP contribution in [0.25, 0.3) is 0 Å². The van der Waals surface area contributed by atoms with E-state index in [0.717, 1.165) is 11.0 Å². The van der Waals surface area contributed by atoms with Gasteiger partial charge in [0, 0.05) is 6.54 Å². The molecule has 1 fully saturated rings. The average molecular weight is 319 g/mol.